The van der Waals surface area contributed by atoms with Crippen LogP contribution in [0.25, 0.3) is 0 Å². The number of hydrogen-bond acceptors (Lipinski definition) is 3. The molecule has 0 radical (unpaired) electrons. The molecule has 2 rings (SSSR count). The number of hydrazine groups is 1. The lowest BCUT2D eigenvalue weighted by atomic mass is 9.74. The Labute approximate surface area is 107 Å². The van der Waals surface area contributed by atoms with Crippen molar-refractivity contribution >= 4 is 0 Å². The smallest absolute Gasteiger partial charge is 0.128 e. The molecule has 1 atom stereocenters. The van der Waals surface area contributed by atoms with E-state index in [1.54, 1.807) is 13.2 Å². The Bertz CT molecular complexity index is 413. The zero-order valence-electron chi connectivity index (χ0n) is 11.0. The van der Waals surface area contributed by atoms with Crippen LogP contribution in [0.3, 0.4) is 0 Å². The highest BCUT2D eigenvalue weighted by atomic mass is 19.1. The van der Waals surface area contributed by atoms with Crippen molar-refractivity contribution in [3.8, 4) is 0 Å². The van der Waals surface area contributed by atoms with E-state index in [2.05, 4.69) is 5.43 Å². The van der Waals surface area contributed by atoms with E-state index in [-0.39, 0.29) is 17.5 Å². The number of benzene rings is 1. The van der Waals surface area contributed by atoms with Gasteiger partial charge in [-0.15, -0.1) is 0 Å². The first-order valence-corrected chi connectivity index (χ1v) is 6.37. The Morgan fingerprint density at radius 3 is 2.72 bits per heavy atom. The van der Waals surface area contributed by atoms with Crippen molar-refractivity contribution < 1.29 is 9.13 Å². The molecule has 18 heavy (non-hydrogen) atoms. The molecule has 1 aliphatic rings. The molecule has 1 aromatic rings. The van der Waals surface area contributed by atoms with Gasteiger partial charge in [-0.2, -0.15) is 0 Å². The molecule has 4 heteroatoms. The third-order valence-electron chi connectivity index (χ3n) is 4.00. The molecule has 3 nitrogen and oxygen atoms in total. The van der Waals surface area contributed by atoms with E-state index in [1.807, 2.05) is 13.0 Å². The molecule has 3 N–H and O–H groups in total. The van der Waals surface area contributed by atoms with Gasteiger partial charge in [0.25, 0.3) is 0 Å². The molecule has 0 amide bonds. The number of methoxy groups -OCH3 is 1. The zero-order valence-corrected chi connectivity index (χ0v) is 11.0. The van der Waals surface area contributed by atoms with Gasteiger partial charge in [-0.05, 0) is 38.7 Å². The lowest BCUT2D eigenvalue weighted by molar-refractivity contribution is -0.0840. The van der Waals surface area contributed by atoms with Gasteiger partial charge in [0, 0.05) is 12.7 Å². The molecule has 0 aliphatic heterocycles. The summed E-state index contributed by atoms with van der Waals surface area (Å²) < 4.78 is 19.5. The van der Waals surface area contributed by atoms with Crippen LogP contribution in [0.15, 0.2) is 18.2 Å². The number of hydrogen-bond donors (Lipinski definition) is 2. The first-order valence-electron chi connectivity index (χ1n) is 6.37. The third kappa shape index (κ3) is 2.55. The van der Waals surface area contributed by atoms with Gasteiger partial charge in [-0.1, -0.05) is 17.7 Å². The molecule has 1 aromatic carbocycles. The van der Waals surface area contributed by atoms with E-state index in [0.717, 1.165) is 18.4 Å². The van der Waals surface area contributed by atoms with Gasteiger partial charge in [0.2, 0.25) is 0 Å². The Morgan fingerprint density at radius 2 is 2.22 bits per heavy atom. The molecule has 0 bridgehead atoms. The molecule has 0 saturated heterocycles. The summed E-state index contributed by atoms with van der Waals surface area (Å²) in [6.45, 7) is 1.95. The lowest BCUT2D eigenvalue weighted by Crippen LogP contribution is -2.44. The molecular weight excluding hydrogens is 231 g/mol. The summed E-state index contributed by atoms with van der Waals surface area (Å²) in [7, 11) is 1.72. The summed E-state index contributed by atoms with van der Waals surface area (Å²) in [5, 5.41) is 0. The van der Waals surface area contributed by atoms with Crippen LogP contribution < -0.4 is 11.3 Å². The quantitative estimate of drug-likeness (QED) is 0.625. The maximum absolute atomic E-state index is 13.9. The number of rotatable bonds is 5. The highest BCUT2D eigenvalue weighted by Gasteiger charge is 2.39. The summed E-state index contributed by atoms with van der Waals surface area (Å²) in [5.74, 6) is 5.38. The SMILES string of the molecule is COC1(CC(NN)c2cc(C)ccc2F)CCC1. The molecular formula is C14H21FN2O. The van der Waals surface area contributed by atoms with Crippen molar-refractivity contribution in [2.45, 2.75) is 44.2 Å². The zero-order chi connectivity index (χ0) is 13.2. The van der Waals surface area contributed by atoms with Crippen LogP contribution in [0.5, 0.6) is 0 Å². The highest BCUT2D eigenvalue weighted by Crippen LogP contribution is 2.42. The minimum absolute atomic E-state index is 0.132. The van der Waals surface area contributed by atoms with E-state index >= 15 is 0 Å². The predicted octanol–water partition coefficient (Wildman–Crippen LogP) is 2.60. The Morgan fingerprint density at radius 1 is 1.50 bits per heavy atom. The molecule has 0 heterocycles. The first kappa shape index (κ1) is 13.5. The van der Waals surface area contributed by atoms with Gasteiger partial charge < -0.3 is 4.74 Å². The van der Waals surface area contributed by atoms with E-state index in [1.165, 1.54) is 12.5 Å². The first-order chi connectivity index (χ1) is 8.60. The highest BCUT2D eigenvalue weighted by molar-refractivity contribution is 5.27. The monoisotopic (exact) mass is 252 g/mol. The van der Waals surface area contributed by atoms with Crippen molar-refractivity contribution in [1.82, 2.24) is 5.43 Å². The van der Waals surface area contributed by atoms with Crippen LogP contribution in [-0.4, -0.2) is 12.7 Å². The fourth-order valence-electron chi connectivity index (χ4n) is 2.62. The molecule has 0 spiro atoms. The fraction of sp³-hybridized carbons (Fsp3) is 0.571. The van der Waals surface area contributed by atoms with Crippen LogP contribution >= 0.6 is 0 Å². The molecule has 1 unspecified atom stereocenters. The number of halogens is 1. The lowest BCUT2D eigenvalue weighted by Gasteiger charge is -2.42. The predicted molar refractivity (Wildman–Crippen MR) is 69.4 cm³/mol. The number of ether oxygens (including phenoxy) is 1. The van der Waals surface area contributed by atoms with E-state index in [9.17, 15) is 4.39 Å². The van der Waals surface area contributed by atoms with Crippen LogP contribution in [0.1, 0.15) is 42.9 Å². The second kappa shape index (κ2) is 5.34. The van der Waals surface area contributed by atoms with Crippen molar-refractivity contribution in [1.29, 1.82) is 0 Å². The average molecular weight is 252 g/mol. The Hall–Kier alpha value is -0.970. The maximum Gasteiger partial charge on any atom is 0.128 e. The minimum Gasteiger partial charge on any atom is -0.378 e. The Kier molecular flexibility index (Phi) is 4.00. The van der Waals surface area contributed by atoms with E-state index < -0.39 is 0 Å². The maximum atomic E-state index is 13.9. The van der Waals surface area contributed by atoms with Gasteiger partial charge in [-0.25, -0.2) is 4.39 Å². The molecule has 1 aliphatic carbocycles. The summed E-state index contributed by atoms with van der Waals surface area (Å²) in [4.78, 5) is 0. The normalized spacial score (nSPS) is 19.3. The van der Waals surface area contributed by atoms with E-state index in [4.69, 9.17) is 10.6 Å². The number of nitrogens with two attached hydrogens (primary N) is 1. The molecule has 1 fully saturated rings. The second-order valence-electron chi connectivity index (χ2n) is 5.19. The summed E-state index contributed by atoms with van der Waals surface area (Å²) in [5.41, 5.74) is 4.25. The van der Waals surface area contributed by atoms with E-state index in [0.29, 0.717) is 12.0 Å². The van der Waals surface area contributed by atoms with Crippen molar-refractivity contribution in [2.75, 3.05) is 7.11 Å². The molecule has 1 saturated carbocycles. The fourth-order valence-corrected chi connectivity index (χ4v) is 2.62. The van der Waals surface area contributed by atoms with Crippen molar-refractivity contribution in [2.24, 2.45) is 5.84 Å². The standard InChI is InChI=1S/C14H21FN2O/c1-10-4-5-12(15)11(8-10)13(17-16)9-14(18-2)6-3-7-14/h4-5,8,13,17H,3,6-7,9,16H2,1-2H3. The third-order valence-corrected chi connectivity index (χ3v) is 4.00. The molecule has 0 aromatic heterocycles. The van der Waals surface area contributed by atoms with Crippen molar-refractivity contribution in [3.05, 3.63) is 35.1 Å². The Balaban J connectivity index is 2.20. The van der Waals surface area contributed by atoms with Gasteiger partial charge in [-0.3, -0.25) is 11.3 Å². The topological polar surface area (TPSA) is 47.3 Å². The summed E-state index contributed by atoms with van der Waals surface area (Å²) >= 11 is 0. The van der Waals surface area contributed by atoms with Gasteiger partial charge in [0.05, 0.1) is 11.6 Å². The number of aryl methyl sites for hydroxylation is 1. The van der Waals surface area contributed by atoms with Crippen LogP contribution in [0.4, 0.5) is 4.39 Å². The summed E-state index contributed by atoms with van der Waals surface area (Å²) in [6, 6.07) is 4.91. The molecule has 100 valence electrons. The summed E-state index contributed by atoms with van der Waals surface area (Å²) in [6.07, 6.45) is 3.92. The van der Waals surface area contributed by atoms with Crippen LogP contribution in [0.2, 0.25) is 0 Å². The average Bonchev–Trinajstić information content (AvgIpc) is 2.32. The van der Waals surface area contributed by atoms with Crippen molar-refractivity contribution in [3.63, 3.8) is 0 Å². The van der Waals surface area contributed by atoms with Crippen LogP contribution in [0, 0.1) is 12.7 Å². The largest absolute Gasteiger partial charge is 0.378 e. The van der Waals surface area contributed by atoms with Gasteiger partial charge in [0.1, 0.15) is 5.82 Å². The minimum atomic E-state index is -0.214. The van der Waals surface area contributed by atoms with Crippen LogP contribution in [-0.2, 0) is 4.74 Å². The van der Waals surface area contributed by atoms with Gasteiger partial charge >= 0.3 is 0 Å². The number of nitrogens with one attached hydrogen (secondary N) is 1. The van der Waals surface area contributed by atoms with Gasteiger partial charge in [0.15, 0.2) is 0 Å². The second-order valence-corrected chi connectivity index (χ2v) is 5.19.